The molecule has 0 aliphatic rings. The number of thiazole rings is 1. The van der Waals surface area contributed by atoms with Gasteiger partial charge >= 0.3 is 0 Å². The predicted octanol–water partition coefficient (Wildman–Crippen LogP) is 3.62. The minimum absolute atomic E-state index is 0.276. The first-order valence-electron chi connectivity index (χ1n) is 5.41. The van der Waals surface area contributed by atoms with Gasteiger partial charge in [-0.15, -0.1) is 11.3 Å². The number of aryl methyl sites for hydroxylation is 2. The van der Waals surface area contributed by atoms with Gasteiger partial charge in [-0.05, 0) is 32.9 Å². The van der Waals surface area contributed by atoms with Crippen LogP contribution in [0.1, 0.15) is 29.2 Å². The van der Waals surface area contributed by atoms with Crippen LogP contribution in [0.15, 0.2) is 18.2 Å². The van der Waals surface area contributed by atoms with Crippen LogP contribution in [0.25, 0.3) is 10.6 Å². The Bertz CT molecular complexity index is 548. The molecule has 1 aromatic carbocycles. The van der Waals surface area contributed by atoms with Crippen molar-refractivity contribution in [3.05, 3.63) is 40.2 Å². The largest absolute Gasteiger partial charge is 0.388 e. The maximum atomic E-state index is 13.7. The van der Waals surface area contributed by atoms with Crippen LogP contribution in [0.2, 0.25) is 0 Å². The Morgan fingerprint density at radius 1 is 1.35 bits per heavy atom. The number of aromatic nitrogens is 1. The van der Waals surface area contributed by atoms with Crippen molar-refractivity contribution in [2.75, 3.05) is 0 Å². The summed E-state index contributed by atoms with van der Waals surface area (Å²) in [6, 6.07) is 4.96. The van der Waals surface area contributed by atoms with E-state index in [2.05, 4.69) is 4.98 Å². The van der Waals surface area contributed by atoms with Crippen LogP contribution in [0.3, 0.4) is 0 Å². The quantitative estimate of drug-likeness (QED) is 0.884. The highest BCUT2D eigenvalue weighted by atomic mass is 32.1. The zero-order chi connectivity index (χ0) is 12.6. The number of benzene rings is 1. The fourth-order valence-corrected chi connectivity index (χ4v) is 2.74. The summed E-state index contributed by atoms with van der Waals surface area (Å²) in [6.45, 7) is 5.44. The van der Waals surface area contributed by atoms with Gasteiger partial charge in [0.05, 0.1) is 16.7 Å². The summed E-state index contributed by atoms with van der Waals surface area (Å²) in [7, 11) is 0. The Morgan fingerprint density at radius 2 is 2.06 bits per heavy atom. The Labute approximate surface area is 104 Å². The molecule has 0 amide bonds. The van der Waals surface area contributed by atoms with Gasteiger partial charge in [0, 0.05) is 5.56 Å². The van der Waals surface area contributed by atoms with Gasteiger partial charge < -0.3 is 5.11 Å². The van der Waals surface area contributed by atoms with E-state index in [9.17, 15) is 9.50 Å². The van der Waals surface area contributed by atoms with Crippen LogP contribution in [-0.2, 0) is 0 Å². The van der Waals surface area contributed by atoms with E-state index in [-0.39, 0.29) is 5.82 Å². The summed E-state index contributed by atoms with van der Waals surface area (Å²) >= 11 is 1.34. The first-order chi connectivity index (χ1) is 7.99. The first-order valence-corrected chi connectivity index (χ1v) is 6.22. The smallest absolute Gasteiger partial charge is 0.133 e. The Morgan fingerprint density at radius 3 is 2.65 bits per heavy atom. The lowest BCUT2D eigenvalue weighted by molar-refractivity contribution is 0.202. The van der Waals surface area contributed by atoms with E-state index in [1.165, 1.54) is 17.4 Å². The number of hydrogen-bond acceptors (Lipinski definition) is 3. The molecule has 4 heteroatoms. The molecule has 0 saturated carbocycles. The standard InChI is InChI=1S/C13H14FNOS/c1-7-4-5-11(14)10(6-7)13-15-8(2)12(17-13)9(3)16/h4-6,9,16H,1-3H3. The molecule has 0 radical (unpaired) electrons. The number of hydrogen-bond donors (Lipinski definition) is 1. The molecular weight excluding hydrogens is 237 g/mol. The van der Waals surface area contributed by atoms with E-state index < -0.39 is 6.10 Å². The van der Waals surface area contributed by atoms with E-state index in [1.807, 2.05) is 13.8 Å². The third kappa shape index (κ3) is 2.37. The van der Waals surface area contributed by atoms with Crippen LogP contribution in [0.5, 0.6) is 0 Å². The molecule has 90 valence electrons. The second-order valence-corrected chi connectivity index (χ2v) is 5.16. The molecule has 17 heavy (non-hydrogen) atoms. The number of halogens is 1. The summed E-state index contributed by atoms with van der Waals surface area (Å²) in [6.07, 6.45) is -0.561. The van der Waals surface area contributed by atoms with Crippen molar-refractivity contribution in [1.82, 2.24) is 4.98 Å². The Balaban J connectivity index is 2.53. The first kappa shape index (κ1) is 12.2. The van der Waals surface area contributed by atoms with Crippen molar-refractivity contribution < 1.29 is 9.50 Å². The van der Waals surface area contributed by atoms with E-state index in [0.717, 1.165) is 16.1 Å². The number of aliphatic hydroxyl groups excluding tert-OH is 1. The molecule has 1 N–H and O–H groups in total. The average molecular weight is 251 g/mol. The molecule has 0 saturated heterocycles. The molecule has 0 aliphatic heterocycles. The van der Waals surface area contributed by atoms with Crippen LogP contribution in [0, 0.1) is 19.7 Å². The Hall–Kier alpha value is -1.26. The summed E-state index contributed by atoms with van der Waals surface area (Å²) < 4.78 is 13.7. The molecular formula is C13H14FNOS. The van der Waals surface area contributed by atoms with Gasteiger partial charge in [0.2, 0.25) is 0 Å². The summed E-state index contributed by atoms with van der Waals surface area (Å²) in [4.78, 5) is 5.12. The molecule has 0 fully saturated rings. The van der Waals surface area contributed by atoms with Crippen LogP contribution in [-0.4, -0.2) is 10.1 Å². The molecule has 0 bridgehead atoms. The Kier molecular flexibility index (Phi) is 3.26. The fraction of sp³-hybridized carbons (Fsp3) is 0.308. The molecule has 0 aliphatic carbocycles. The highest BCUT2D eigenvalue weighted by Crippen LogP contribution is 2.33. The third-order valence-corrected chi connectivity index (χ3v) is 3.93. The van der Waals surface area contributed by atoms with Gasteiger partial charge in [-0.3, -0.25) is 0 Å². The SMILES string of the molecule is Cc1ccc(F)c(-c2nc(C)c(C(C)O)s2)c1. The van der Waals surface area contributed by atoms with E-state index in [0.29, 0.717) is 10.6 Å². The lowest BCUT2D eigenvalue weighted by Gasteiger charge is -2.00. The van der Waals surface area contributed by atoms with Crippen LogP contribution >= 0.6 is 11.3 Å². The molecule has 1 heterocycles. The number of nitrogens with zero attached hydrogens (tertiary/aromatic N) is 1. The molecule has 1 unspecified atom stereocenters. The molecule has 1 atom stereocenters. The van der Waals surface area contributed by atoms with Crippen molar-refractivity contribution in [1.29, 1.82) is 0 Å². The van der Waals surface area contributed by atoms with Crippen molar-refractivity contribution in [3.63, 3.8) is 0 Å². The van der Waals surface area contributed by atoms with Crippen LogP contribution in [0.4, 0.5) is 4.39 Å². The summed E-state index contributed by atoms with van der Waals surface area (Å²) in [5.41, 5.74) is 2.26. The number of aliphatic hydroxyl groups is 1. The fourth-order valence-electron chi connectivity index (χ4n) is 1.71. The summed E-state index contributed by atoms with van der Waals surface area (Å²) in [5.74, 6) is -0.276. The van der Waals surface area contributed by atoms with Gasteiger partial charge in [-0.2, -0.15) is 0 Å². The molecule has 2 nitrogen and oxygen atoms in total. The van der Waals surface area contributed by atoms with Gasteiger partial charge in [0.1, 0.15) is 10.8 Å². The van der Waals surface area contributed by atoms with Crippen molar-refractivity contribution in [3.8, 4) is 10.6 Å². The normalized spacial score (nSPS) is 12.8. The topological polar surface area (TPSA) is 33.1 Å². The lowest BCUT2D eigenvalue weighted by atomic mass is 10.1. The van der Waals surface area contributed by atoms with Crippen molar-refractivity contribution in [2.45, 2.75) is 26.9 Å². The van der Waals surface area contributed by atoms with Crippen LogP contribution < -0.4 is 0 Å². The van der Waals surface area contributed by atoms with Crippen molar-refractivity contribution >= 4 is 11.3 Å². The van der Waals surface area contributed by atoms with Gasteiger partial charge in [-0.25, -0.2) is 9.37 Å². The average Bonchev–Trinajstić information content (AvgIpc) is 2.64. The zero-order valence-corrected chi connectivity index (χ0v) is 10.8. The molecule has 1 aromatic heterocycles. The van der Waals surface area contributed by atoms with E-state index >= 15 is 0 Å². The minimum atomic E-state index is -0.561. The van der Waals surface area contributed by atoms with Gasteiger partial charge in [0.15, 0.2) is 0 Å². The lowest BCUT2D eigenvalue weighted by Crippen LogP contribution is -1.88. The highest BCUT2D eigenvalue weighted by Gasteiger charge is 2.15. The number of rotatable bonds is 2. The minimum Gasteiger partial charge on any atom is -0.388 e. The maximum Gasteiger partial charge on any atom is 0.133 e. The van der Waals surface area contributed by atoms with E-state index in [4.69, 9.17) is 0 Å². The maximum absolute atomic E-state index is 13.7. The molecule has 2 rings (SSSR count). The second-order valence-electron chi connectivity index (χ2n) is 4.13. The molecule has 2 aromatic rings. The second kappa shape index (κ2) is 4.55. The van der Waals surface area contributed by atoms with Crippen molar-refractivity contribution in [2.24, 2.45) is 0 Å². The monoisotopic (exact) mass is 251 g/mol. The highest BCUT2D eigenvalue weighted by molar-refractivity contribution is 7.15. The van der Waals surface area contributed by atoms with Gasteiger partial charge in [-0.1, -0.05) is 11.6 Å². The van der Waals surface area contributed by atoms with Gasteiger partial charge in [0.25, 0.3) is 0 Å². The summed E-state index contributed by atoms with van der Waals surface area (Å²) in [5, 5.41) is 10.2. The third-order valence-electron chi connectivity index (χ3n) is 2.56. The predicted molar refractivity (Wildman–Crippen MR) is 67.6 cm³/mol. The van der Waals surface area contributed by atoms with E-state index in [1.54, 1.807) is 19.1 Å². The zero-order valence-electron chi connectivity index (χ0n) is 9.99. The molecule has 0 spiro atoms.